The quantitative estimate of drug-likeness (QED) is 0.654. The smallest absolute Gasteiger partial charge is 0.0696 e. The highest BCUT2D eigenvalue weighted by molar-refractivity contribution is 5.66. The van der Waals surface area contributed by atoms with Crippen LogP contribution in [0, 0.1) is 0 Å². The molecule has 1 aromatic carbocycles. The van der Waals surface area contributed by atoms with E-state index in [2.05, 4.69) is 61.5 Å². The van der Waals surface area contributed by atoms with Gasteiger partial charge in [-0.2, -0.15) is 5.10 Å². The van der Waals surface area contributed by atoms with Crippen molar-refractivity contribution in [3.8, 4) is 11.1 Å². The van der Waals surface area contributed by atoms with Crippen molar-refractivity contribution in [1.29, 1.82) is 0 Å². The van der Waals surface area contributed by atoms with Crippen molar-refractivity contribution in [2.24, 2.45) is 0 Å². The largest absolute Gasteiger partial charge is 0.240 e. The number of hydrogen-bond donors (Lipinski definition) is 0. The Kier molecular flexibility index (Phi) is 2.63. The summed E-state index contributed by atoms with van der Waals surface area (Å²) in [5, 5.41) is 4.44. The molecule has 2 nitrogen and oxygen atoms in total. The molecule has 2 heteroatoms. The molecule has 0 unspecified atom stereocenters. The summed E-state index contributed by atoms with van der Waals surface area (Å²) < 4.78 is 1.97. The summed E-state index contributed by atoms with van der Waals surface area (Å²) in [4.78, 5) is 0. The van der Waals surface area contributed by atoms with Crippen LogP contribution in [0.15, 0.2) is 54.9 Å². The van der Waals surface area contributed by atoms with Crippen LogP contribution in [0.2, 0.25) is 0 Å². The van der Waals surface area contributed by atoms with Gasteiger partial charge in [0.05, 0.1) is 11.7 Å². The molecule has 2 aromatic heterocycles. The number of aromatic nitrogens is 2. The predicted molar refractivity (Wildman–Crippen MR) is 74.7 cm³/mol. The van der Waals surface area contributed by atoms with Gasteiger partial charge in [0.25, 0.3) is 0 Å². The number of rotatable bonds is 2. The fourth-order valence-electron chi connectivity index (χ4n) is 2.25. The van der Waals surface area contributed by atoms with Gasteiger partial charge in [-0.25, -0.2) is 4.52 Å². The maximum Gasteiger partial charge on any atom is 0.0696 e. The SMILES string of the molecule is CC(C)c1cnn2cc(-c3ccccc3)ccc12. The molecule has 90 valence electrons. The van der Waals surface area contributed by atoms with Crippen molar-refractivity contribution in [2.75, 3.05) is 0 Å². The Morgan fingerprint density at radius 1 is 0.944 bits per heavy atom. The Morgan fingerprint density at radius 3 is 2.44 bits per heavy atom. The highest BCUT2D eigenvalue weighted by Gasteiger charge is 2.08. The summed E-state index contributed by atoms with van der Waals surface area (Å²) in [7, 11) is 0. The normalized spacial score (nSPS) is 11.3. The van der Waals surface area contributed by atoms with Gasteiger partial charge in [0.15, 0.2) is 0 Å². The topological polar surface area (TPSA) is 17.3 Å². The van der Waals surface area contributed by atoms with Crippen LogP contribution in [0.3, 0.4) is 0 Å². The average Bonchev–Trinajstić information content (AvgIpc) is 2.82. The zero-order valence-electron chi connectivity index (χ0n) is 10.7. The Morgan fingerprint density at radius 2 is 1.72 bits per heavy atom. The van der Waals surface area contributed by atoms with Gasteiger partial charge in [-0.15, -0.1) is 0 Å². The molecule has 0 aliphatic rings. The van der Waals surface area contributed by atoms with Crippen LogP contribution in [0.5, 0.6) is 0 Å². The lowest BCUT2D eigenvalue weighted by Gasteiger charge is -2.05. The van der Waals surface area contributed by atoms with Gasteiger partial charge in [0.2, 0.25) is 0 Å². The van der Waals surface area contributed by atoms with Crippen LogP contribution in [-0.4, -0.2) is 9.61 Å². The van der Waals surface area contributed by atoms with Crippen LogP contribution >= 0.6 is 0 Å². The fourth-order valence-corrected chi connectivity index (χ4v) is 2.25. The van der Waals surface area contributed by atoms with Gasteiger partial charge in [-0.3, -0.25) is 0 Å². The van der Waals surface area contributed by atoms with Crippen LogP contribution in [0.25, 0.3) is 16.6 Å². The Bertz CT molecular complexity index is 666. The highest BCUT2D eigenvalue weighted by Crippen LogP contribution is 2.24. The zero-order valence-corrected chi connectivity index (χ0v) is 10.7. The molecule has 0 saturated carbocycles. The van der Waals surface area contributed by atoms with Gasteiger partial charge >= 0.3 is 0 Å². The van der Waals surface area contributed by atoms with Crippen molar-refractivity contribution in [3.63, 3.8) is 0 Å². The van der Waals surface area contributed by atoms with Crippen molar-refractivity contribution in [1.82, 2.24) is 9.61 Å². The molecule has 0 radical (unpaired) electrons. The first-order chi connectivity index (χ1) is 8.75. The van der Waals surface area contributed by atoms with Crippen molar-refractivity contribution in [3.05, 3.63) is 60.4 Å². The second-order valence-electron chi connectivity index (χ2n) is 4.87. The Hall–Kier alpha value is -2.09. The number of fused-ring (bicyclic) bond motifs is 1. The number of pyridine rings is 1. The summed E-state index contributed by atoms with van der Waals surface area (Å²) >= 11 is 0. The lowest BCUT2D eigenvalue weighted by Crippen LogP contribution is -1.90. The molecular formula is C16H16N2. The first kappa shape index (κ1) is 11.0. The van der Waals surface area contributed by atoms with E-state index in [-0.39, 0.29) is 0 Å². The van der Waals surface area contributed by atoms with Crippen LogP contribution < -0.4 is 0 Å². The monoisotopic (exact) mass is 236 g/mol. The van der Waals surface area contributed by atoms with E-state index in [0.29, 0.717) is 5.92 Å². The minimum atomic E-state index is 0.505. The maximum absolute atomic E-state index is 4.44. The molecule has 0 aliphatic carbocycles. The predicted octanol–water partition coefficient (Wildman–Crippen LogP) is 4.12. The molecule has 0 spiro atoms. The van der Waals surface area contributed by atoms with Gasteiger partial charge in [0.1, 0.15) is 0 Å². The van der Waals surface area contributed by atoms with E-state index in [4.69, 9.17) is 0 Å². The molecule has 3 rings (SSSR count). The standard InChI is InChI=1S/C16H16N2/c1-12(2)15-10-17-18-11-14(8-9-16(15)18)13-6-4-3-5-7-13/h3-12H,1-2H3. The van der Waals surface area contributed by atoms with Crippen molar-refractivity contribution < 1.29 is 0 Å². The van der Waals surface area contributed by atoms with Gasteiger partial charge in [0, 0.05) is 17.3 Å². The highest BCUT2D eigenvalue weighted by atomic mass is 15.2. The number of nitrogens with zero attached hydrogens (tertiary/aromatic N) is 2. The molecule has 18 heavy (non-hydrogen) atoms. The van der Waals surface area contributed by atoms with Crippen LogP contribution in [-0.2, 0) is 0 Å². The zero-order chi connectivity index (χ0) is 12.5. The minimum Gasteiger partial charge on any atom is -0.240 e. The van der Waals surface area contributed by atoms with Gasteiger partial charge in [-0.1, -0.05) is 50.2 Å². The van der Waals surface area contributed by atoms with Crippen LogP contribution in [0.1, 0.15) is 25.3 Å². The van der Waals surface area contributed by atoms with E-state index in [1.807, 2.05) is 16.8 Å². The van der Waals surface area contributed by atoms with E-state index in [0.717, 1.165) is 0 Å². The minimum absolute atomic E-state index is 0.505. The third kappa shape index (κ3) is 1.80. The third-order valence-electron chi connectivity index (χ3n) is 3.28. The fraction of sp³-hybridized carbons (Fsp3) is 0.188. The van der Waals surface area contributed by atoms with E-state index in [1.54, 1.807) is 0 Å². The summed E-state index contributed by atoms with van der Waals surface area (Å²) in [5.74, 6) is 0.505. The second-order valence-corrected chi connectivity index (χ2v) is 4.87. The molecular weight excluding hydrogens is 220 g/mol. The summed E-state index contributed by atoms with van der Waals surface area (Å²) in [6.45, 7) is 4.39. The summed E-state index contributed by atoms with van der Waals surface area (Å²) in [5.41, 5.74) is 4.92. The van der Waals surface area contributed by atoms with E-state index >= 15 is 0 Å². The molecule has 3 aromatic rings. The van der Waals surface area contributed by atoms with E-state index in [9.17, 15) is 0 Å². The molecule has 0 aliphatic heterocycles. The summed E-state index contributed by atoms with van der Waals surface area (Å²) in [6, 6.07) is 14.7. The molecule has 0 fully saturated rings. The first-order valence-electron chi connectivity index (χ1n) is 6.28. The van der Waals surface area contributed by atoms with Crippen LogP contribution in [0.4, 0.5) is 0 Å². The molecule has 0 saturated heterocycles. The average molecular weight is 236 g/mol. The van der Waals surface area contributed by atoms with Crippen molar-refractivity contribution >= 4 is 5.52 Å². The molecule has 0 bridgehead atoms. The Balaban J connectivity index is 2.13. The van der Waals surface area contributed by atoms with E-state index < -0.39 is 0 Å². The number of benzene rings is 1. The van der Waals surface area contributed by atoms with Crippen molar-refractivity contribution in [2.45, 2.75) is 19.8 Å². The molecule has 0 amide bonds. The maximum atomic E-state index is 4.44. The third-order valence-corrected chi connectivity index (χ3v) is 3.28. The van der Waals surface area contributed by atoms with Gasteiger partial charge in [-0.05, 0) is 17.5 Å². The first-order valence-corrected chi connectivity index (χ1v) is 6.28. The second kappa shape index (κ2) is 4.30. The molecule has 2 heterocycles. The summed E-state index contributed by atoms with van der Waals surface area (Å²) in [6.07, 6.45) is 4.06. The lowest BCUT2D eigenvalue weighted by molar-refractivity contribution is 0.875. The molecule has 0 N–H and O–H groups in total. The Labute approximate surface area is 107 Å². The lowest BCUT2D eigenvalue weighted by atomic mass is 10.0. The van der Waals surface area contributed by atoms with E-state index in [1.165, 1.54) is 22.2 Å². The molecule has 0 atom stereocenters. The number of hydrogen-bond acceptors (Lipinski definition) is 1. The van der Waals surface area contributed by atoms with Gasteiger partial charge < -0.3 is 0 Å².